The molecule has 2 aromatic carbocycles. The summed E-state index contributed by atoms with van der Waals surface area (Å²) in [6, 6.07) is 13.5. The third-order valence-corrected chi connectivity index (χ3v) is 6.16. The van der Waals surface area contributed by atoms with Crippen LogP contribution in [0.25, 0.3) is 0 Å². The second kappa shape index (κ2) is 7.32. The first kappa shape index (κ1) is 19.1. The molecule has 0 unspecified atom stereocenters. The van der Waals surface area contributed by atoms with Gasteiger partial charge in [-0.1, -0.05) is 41.9 Å². The molecule has 3 atom stereocenters. The number of amides is 2. The number of alkyl halides is 3. The minimum absolute atomic E-state index is 0.0981. The van der Waals surface area contributed by atoms with Crippen molar-refractivity contribution in [1.29, 1.82) is 0 Å². The van der Waals surface area contributed by atoms with E-state index in [4.69, 9.17) is 11.6 Å². The zero-order valence-electron chi connectivity index (χ0n) is 15.0. The van der Waals surface area contributed by atoms with Gasteiger partial charge in [0, 0.05) is 18.8 Å². The number of anilines is 1. The number of carbonyl (C=O) groups is 1. The maximum atomic E-state index is 13.0. The van der Waals surface area contributed by atoms with Gasteiger partial charge in [0.2, 0.25) is 0 Å². The first-order chi connectivity index (χ1) is 13.3. The summed E-state index contributed by atoms with van der Waals surface area (Å²) < 4.78 is 39.0. The molecule has 148 valence electrons. The Balaban J connectivity index is 1.38. The van der Waals surface area contributed by atoms with Crippen LogP contribution in [0.2, 0.25) is 5.02 Å². The van der Waals surface area contributed by atoms with Crippen LogP contribution in [0, 0.1) is 11.8 Å². The standard InChI is InChI=1S/C21H20ClF3N2O/c22-19-7-6-17(10-18(19)21(23,24)25)26-20(28)27-11-15-8-14(9-16(15)12-27)13-4-2-1-3-5-13/h1-7,10,14-16H,8-9,11-12H2,(H,26,28)/t14-,15-,16+. The number of nitrogens with one attached hydrogen (secondary N) is 1. The van der Waals surface area contributed by atoms with Crippen LogP contribution in [0.4, 0.5) is 23.7 Å². The van der Waals surface area contributed by atoms with Gasteiger partial charge in [-0.05, 0) is 54.4 Å². The molecule has 1 aliphatic heterocycles. The third kappa shape index (κ3) is 3.83. The van der Waals surface area contributed by atoms with Crippen molar-refractivity contribution in [2.75, 3.05) is 18.4 Å². The third-order valence-electron chi connectivity index (χ3n) is 5.83. The average Bonchev–Trinajstić information content (AvgIpc) is 3.22. The Kier molecular flexibility index (Phi) is 5.00. The molecule has 2 fully saturated rings. The van der Waals surface area contributed by atoms with Crippen LogP contribution >= 0.6 is 11.6 Å². The number of nitrogens with zero attached hydrogens (tertiary/aromatic N) is 1. The summed E-state index contributed by atoms with van der Waals surface area (Å²) in [7, 11) is 0. The fourth-order valence-electron chi connectivity index (χ4n) is 4.49. The molecule has 1 N–H and O–H groups in total. The summed E-state index contributed by atoms with van der Waals surface area (Å²) in [6.07, 6.45) is -2.48. The van der Waals surface area contributed by atoms with Crippen molar-refractivity contribution in [2.45, 2.75) is 24.9 Å². The fraction of sp³-hybridized carbons (Fsp3) is 0.381. The molecule has 0 aromatic heterocycles. The number of carbonyl (C=O) groups excluding carboxylic acids is 1. The van der Waals surface area contributed by atoms with Gasteiger partial charge in [0.1, 0.15) is 0 Å². The van der Waals surface area contributed by atoms with Crippen LogP contribution < -0.4 is 5.32 Å². The van der Waals surface area contributed by atoms with Gasteiger partial charge in [0.25, 0.3) is 0 Å². The maximum Gasteiger partial charge on any atom is 0.417 e. The lowest BCUT2D eigenvalue weighted by Crippen LogP contribution is -2.34. The van der Waals surface area contributed by atoms with Crippen LogP contribution in [0.1, 0.15) is 29.9 Å². The van der Waals surface area contributed by atoms with E-state index in [0.717, 1.165) is 25.0 Å². The topological polar surface area (TPSA) is 32.3 Å². The average molecular weight is 409 g/mol. The number of fused-ring (bicyclic) bond motifs is 1. The van der Waals surface area contributed by atoms with Gasteiger partial charge in [-0.15, -0.1) is 0 Å². The molecule has 4 rings (SSSR count). The molecule has 2 aliphatic rings. The van der Waals surface area contributed by atoms with E-state index in [2.05, 4.69) is 17.4 Å². The van der Waals surface area contributed by atoms with Crippen LogP contribution in [-0.2, 0) is 6.18 Å². The zero-order chi connectivity index (χ0) is 19.9. The molecule has 1 saturated carbocycles. The van der Waals surface area contributed by atoms with Crippen molar-refractivity contribution in [3.63, 3.8) is 0 Å². The summed E-state index contributed by atoms with van der Waals surface area (Å²) in [4.78, 5) is 14.3. The van der Waals surface area contributed by atoms with E-state index >= 15 is 0 Å². The lowest BCUT2D eigenvalue weighted by molar-refractivity contribution is -0.137. The number of hydrogen-bond donors (Lipinski definition) is 1. The lowest BCUT2D eigenvalue weighted by atomic mass is 9.96. The predicted octanol–water partition coefficient (Wildman–Crippen LogP) is 6.02. The molecule has 1 saturated heterocycles. The van der Waals surface area contributed by atoms with Gasteiger partial charge in [0.15, 0.2) is 0 Å². The largest absolute Gasteiger partial charge is 0.417 e. The molecule has 7 heteroatoms. The second-order valence-corrected chi connectivity index (χ2v) is 8.03. The highest BCUT2D eigenvalue weighted by atomic mass is 35.5. The Morgan fingerprint density at radius 3 is 2.29 bits per heavy atom. The highest BCUT2D eigenvalue weighted by Gasteiger charge is 2.42. The first-order valence-electron chi connectivity index (χ1n) is 9.29. The van der Waals surface area contributed by atoms with E-state index in [9.17, 15) is 18.0 Å². The molecular weight excluding hydrogens is 389 g/mol. The summed E-state index contributed by atoms with van der Waals surface area (Å²) in [6.45, 7) is 1.28. The highest BCUT2D eigenvalue weighted by Crippen LogP contribution is 2.46. The fourth-order valence-corrected chi connectivity index (χ4v) is 4.71. The number of halogens is 4. The van der Waals surface area contributed by atoms with Crippen molar-refractivity contribution in [1.82, 2.24) is 4.90 Å². The van der Waals surface area contributed by atoms with Crippen molar-refractivity contribution in [3.05, 3.63) is 64.7 Å². The molecular formula is C21H20ClF3N2O. The normalized spacial score (nSPS) is 24.3. The van der Waals surface area contributed by atoms with E-state index in [1.54, 1.807) is 4.90 Å². The Labute approximate surface area is 166 Å². The van der Waals surface area contributed by atoms with Gasteiger partial charge in [-0.3, -0.25) is 0 Å². The van der Waals surface area contributed by atoms with E-state index in [1.165, 1.54) is 11.6 Å². The number of hydrogen-bond acceptors (Lipinski definition) is 1. The Morgan fingerprint density at radius 1 is 1.04 bits per heavy atom. The van der Waals surface area contributed by atoms with Gasteiger partial charge in [-0.25, -0.2) is 4.79 Å². The van der Waals surface area contributed by atoms with Crippen molar-refractivity contribution in [3.8, 4) is 0 Å². The molecule has 2 aromatic rings. The molecule has 1 heterocycles. The Hall–Kier alpha value is -2.21. The van der Waals surface area contributed by atoms with E-state index < -0.39 is 11.7 Å². The van der Waals surface area contributed by atoms with Gasteiger partial charge >= 0.3 is 12.2 Å². The van der Waals surface area contributed by atoms with E-state index in [-0.39, 0.29) is 16.7 Å². The van der Waals surface area contributed by atoms with Crippen molar-refractivity contribution in [2.24, 2.45) is 11.8 Å². The predicted molar refractivity (Wildman–Crippen MR) is 102 cm³/mol. The summed E-state index contributed by atoms with van der Waals surface area (Å²) in [5, 5.41) is 2.20. The molecule has 28 heavy (non-hydrogen) atoms. The number of rotatable bonds is 2. The highest BCUT2D eigenvalue weighted by molar-refractivity contribution is 6.31. The lowest BCUT2D eigenvalue weighted by Gasteiger charge is -2.20. The minimum Gasteiger partial charge on any atom is -0.324 e. The molecule has 0 bridgehead atoms. The number of likely N-dealkylation sites (tertiary alicyclic amines) is 1. The SMILES string of the molecule is O=C(Nc1ccc(Cl)c(C(F)(F)F)c1)N1C[C@H]2C[C@@H](c3ccccc3)C[C@H]2C1. The van der Waals surface area contributed by atoms with Crippen LogP contribution in [-0.4, -0.2) is 24.0 Å². The summed E-state index contributed by atoms with van der Waals surface area (Å²) in [5.41, 5.74) is 0.491. The van der Waals surface area contributed by atoms with E-state index in [0.29, 0.717) is 30.8 Å². The smallest absolute Gasteiger partial charge is 0.324 e. The molecule has 1 aliphatic carbocycles. The Bertz CT molecular complexity index is 858. The summed E-state index contributed by atoms with van der Waals surface area (Å²) >= 11 is 5.63. The number of urea groups is 1. The van der Waals surface area contributed by atoms with E-state index in [1.807, 2.05) is 18.2 Å². The zero-order valence-corrected chi connectivity index (χ0v) is 15.8. The van der Waals surface area contributed by atoms with Gasteiger partial charge in [0.05, 0.1) is 10.6 Å². The van der Waals surface area contributed by atoms with Crippen LogP contribution in [0.5, 0.6) is 0 Å². The van der Waals surface area contributed by atoms with Gasteiger partial charge in [-0.2, -0.15) is 13.2 Å². The molecule has 3 nitrogen and oxygen atoms in total. The molecule has 2 amide bonds. The van der Waals surface area contributed by atoms with Crippen molar-refractivity contribution >= 4 is 23.3 Å². The quantitative estimate of drug-likeness (QED) is 0.647. The first-order valence-corrected chi connectivity index (χ1v) is 9.66. The van der Waals surface area contributed by atoms with Gasteiger partial charge < -0.3 is 10.2 Å². The Morgan fingerprint density at radius 2 is 1.68 bits per heavy atom. The number of benzene rings is 2. The minimum atomic E-state index is -4.56. The van der Waals surface area contributed by atoms with Crippen LogP contribution in [0.15, 0.2) is 48.5 Å². The second-order valence-electron chi connectivity index (χ2n) is 7.63. The maximum absolute atomic E-state index is 13.0. The summed E-state index contributed by atoms with van der Waals surface area (Å²) in [5.74, 6) is 1.39. The molecule has 0 spiro atoms. The van der Waals surface area contributed by atoms with Crippen molar-refractivity contribution < 1.29 is 18.0 Å². The van der Waals surface area contributed by atoms with Crippen LogP contribution in [0.3, 0.4) is 0 Å². The molecule has 0 radical (unpaired) electrons. The monoisotopic (exact) mass is 408 g/mol.